The molecule has 9 nitrogen and oxygen atoms in total. The van der Waals surface area contributed by atoms with Crippen LogP contribution in [0.25, 0.3) is 6.08 Å². The summed E-state index contributed by atoms with van der Waals surface area (Å²) in [4.78, 5) is 22.1. The molecule has 0 spiro atoms. The van der Waals surface area contributed by atoms with Gasteiger partial charge in [-0.2, -0.15) is 0 Å². The Morgan fingerprint density at radius 1 is 1.07 bits per heavy atom. The number of hydrogen-bond donors (Lipinski definition) is 2. The van der Waals surface area contributed by atoms with Gasteiger partial charge in [-0.3, -0.25) is 4.79 Å². The van der Waals surface area contributed by atoms with E-state index < -0.39 is 33.8 Å². The minimum absolute atomic E-state index is 0.0537. The van der Waals surface area contributed by atoms with Crippen LogP contribution in [-0.4, -0.2) is 65.7 Å². The van der Waals surface area contributed by atoms with E-state index in [0.717, 1.165) is 15.5 Å². The molecule has 0 saturated heterocycles. The third kappa shape index (κ3) is 10.5. The summed E-state index contributed by atoms with van der Waals surface area (Å²) in [6, 6.07) is 8.08. The number of carbonyl (C=O) groups excluding carboxylic acids is 1. The number of esters is 1. The largest absolute Gasteiger partial charge is 0.460 e. The first-order chi connectivity index (χ1) is 18.4. The fourth-order valence-corrected chi connectivity index (χ4v) is 4.96. The first-order valence-electron chi connectivity index (χ1n) is 13.3. The molecule has 0 fully saturated rings. The second kappa shape index (κ2) is 13.9. The lowest BCUT2D eigenvalue weighted by Crippen LogP contribution is -2.28. The second-order valence-electron chi connectivity index (χ2n) is 11.4. The molecule has 0 aliphatic heterocycles. The minimum Gasteiger partial charge on any atom is -0.460 e. The van der Waals surface area contributed by atoms with Crippen LogP contribution in [0, 0.1) is 0 Å². The van der Waals surface area contributed by atoms with Crippen molar-refractivity contribution in [2.75, 3.05) is 17.6 Å². The highest BCUT2D eigenvalue weighted by atomic mass is 32.2. The van der Waals surface area contributed by atoms with E-state index in [9.17, 15) is 23.4 Å². The number of anilines is 1. The number of rotatable bonds is 12. The van der Waals surface area contributed by atoms with Crippen molar-refractivity contribution < 1.29 is 28.2 Å². The van der Waals surface area contributed by atoms with Crippen molar-refractivity contribution in [3.63, 3.8) is 0 Å². The highest BCUT2D eigenvalue weighted by Crippen LogP contribution is 2.35. The Hall–Kier alpha value is -2.47. The van der Waals surface area contributed by atoms with E-state index in [4.69, 9.17) is 4.74 Å². The molecule has 11 heteroatoms. The number of ether oxygens (including phenoxy) is 1. The van der Waals surface area contributed by atoms with Crippen LogP contribution < -0.4 is 4.31 Å². The summed E-state index contributed by atoms with van der Waals surface area (Å²) in [6.07, 6.45) is 1.86. The second-order valence-corrected chi connectivity index (χ2v) is 14.5. The van der Waals surface area contributed by atoms with Crippen LogP contribution in [-0.2, 0) is 19.6 Å². The third-order valence-electron chi connectivity index (χ3n) is 5.84. The van der Waals surface area contributed by atoms with E-state index >= 15 is 0 Å². The van der Waals surface area contributed by atoms with Gasteiger partial charge in [-0.15, -0.1) is 0 Å². The van der Waals surface area contributed by atoms with Crippen LogP contribution in [0.4, 0.5) is 5.95 Å². The molecule has 1 aromatic carbocycles. The van der Waals surface area contributed by atoms with Crippen LogP contribution in [0.2, 0.25) is 0 Å². The zero-order valence-corrected chi connectivity index (χ0v) is 26.5. The molecule has 0 amide bonds. The van der Waals surface area contributed by atoms with Crippen LogP contribution >= 0.6 is 11.8 Å². The average Bonchev–Trinajstić information content (AvgIpc) is 2.80. The normalized spacial score (nSPS) is 14.1. The van der Waals surface area contributed by atoms with Crippen molar-refractivity contribution in [1.29, 1.82) is 0 Å². The number of hydrogen-bond acceptors (Lipinski definition) is 9. The van der Waals surface area contributed by atoms with Crippen molar-refractivity contribution >= 4 is 39.8 Å². The number of nitrogens with zero attached hydrogens (tertiary/aromatic N) is 3. The smallest absolute Gasteiger partial charge is 0.308 e. The van der Waals surface area contributed by atoms with Crippen molar-refractivity contribution in [1.82, 2.24) is 9.97 Å². The summed E-state index contributed by atoms with van der Waals surface area (Å²) in [5.74, 6) is -0.198. The predicted octanol–water partition coefficient (Wildman–Crippen LogP) is 5.13. The van der Waals surface area contributed by atoms with Gasteiger partial charge in [0.2, 0.25) is 16.0 Å². The Morgan fingerprint density at radius 3 is 2.17 bits per heavy atom. The third-order valence-corrected chi connectivity index (χ3v) is 8.01. The highest BCUT2D eigenvalue weighted by molar-refractivity contribution is 7.99. The highest BCUT2D eigenvalue weighted by Gasteiger charge is 2.23. The number of sulfonamides is 1. The van der Waals surface area contributed by atoms with Gasteiger partial charge in [0, 0.05) is 23.9 Å². The zero-order valence-electron chi connectivity index (χ0n) is 24.9. The number of aliphatic hydroxyl groups is 2. The Bertz CT molecular complexity index is 1290. The Labute approximate surface area is 243 Å². The molecule has 1 aromatic heterocycles. The first kappa shape index (κ1) is 33.7. The standard InChI is InChI=1S/C29H43N3O6S2/c1-18(2)20-10-13-23(14-11-20)39-27-24(26(19(3)4)30-28(31-27)32(8)40(9,36)37)15-12-21(33)16-22(34)17-25(35)38-29(5,6)7/h10-15,18-19,21-22,33-34H,16-17H2,1-9H3/b15-12+/t21-,22-/m1/s1. The SMILES string of the molecule is CC(C)c1ccc(Sc2nc(N(C)S(C)(=O)=O)nc(C(C)C)c2/C=C/[C@@H](O)C[C@@H](O)CC(=O)OC(C)(C)C)cc1. The van der Waals surface area contributed by atoms with Gasteiger partial charge in [0.1, 0.15) is 10.6 Å². The number of aliphatic hydroxyl groups excluding tert-OH is 2. The molecule has 222 valence electrons. The summed E-state index contributed by atoms with van der Waals surface area (Å²) in [5, 5.41) is 21.5. The average molecular weight is 594 g/mol. The molecule has 2 atom stereocenters. The van der Waals surface area contributed by atoms with E-state index in [2.05, 4.69) is 23.8 Å². The molecule has 1 heterocycles. The van der Waals surface area contributed by atoms with Crippen LogP contribution in [0.3, 0.4) is 0 Å². The topological polar surface area (TPSA) is 130 Å². The van der Waals surface area contributed by atoms with Gasteiger partial charge < -0.3 is 14.9 Å². The molecule has 2 N–H and O–H groups in total. The van der Waals surface area contributed by atoms with E-state index in [0.29, 0.717) is 22.2 Å². The van der Waals surface area contributed by atoms with Gasteiger partial charge in [0.25, 0.3) is 0 Å². The van der Waals surface area contributed by atoms with Gasteiger partial charge in [0.05, 0.1) is 30.6 Å². The summed E-state index contributed by atoms with van der Waals surface area (Å²) in [6.45, 7) is 13.4. The lowest BCUT2D eigenvalue weighted by molar-refractivity contribution is -0.157. The molecule has 40 heavy (non-hydrogen) atoms. The van der Waals surface area contributed by atoms with Gasteiger partial charge in [-0.25, -0.2) is 22.7 Å². The lowest BCUT2D eigenvalue weighted by Gasteiger charge is -2.21. The van der Waals surface area contributed by atoms with Crippen LogP contribution in [0.5, 0.6) is 0 Å². The summed E-state index contributed by atoms with van der Waals surface area (Å²) >= 11 is 1.37. The maximum absolute atomic E-state index is 12.3. The van der Waals surface area contributed by atoms with Gasteiger partial charge in [-0.05, 0) is 50.3 Å². The van der Waals surface area contributed by atoms with E-state index in [-0.39, 0.29) is 24.7 Å². The van der Waals surface area contributed by atoms with Crippen molar-refractivity contribution in [2.45, 2.75) is 101 Å². The monoisotopic (exact) mass is 593 g/mol. The fraction of sp³-hybridized carbons (Fsp3) is 0.552. The van der Waals surface area contributed by atoms with E-state index in [1.54, 1.807) is 26.8 Å². The maximum atomic E-state index is 12.3. The Balaban J connectivity index is 2.44. The van der Waals surface area contributed by atoms with E-state index in [1.165, 1.54) is 30.4 Å². The van der Waals surface area contributed by atoms with E-state index in [1.807, 2.05) is 38.1 Å². The lowest BCUT2D eigenvalue weighted by atomic mass is 10.0. The number of aromatic nitrogens is 2. The molecular formula is C29H43N3O6S2. The van der Waals surface area contributed by atoms with Crippen molar-refractivity contribution in [3.05, 3.63) is 47.2 Å². The Morgan fingerprint density at radius 2 is 1.68 bits per heavy atom. The zero-order chi connectivity index (χ0) is 30.4. The van der Waals surface area contributed by atoms with Crippen molar-refractivity contribution in [2.24, 2.45) is 0 Å². The summed E-state index contributed by atoms with van der Waals surface area (Å²) in [7, 11) is -2.19. The van der Waals surface area contributed by atoms with Gasteiger partial charge in [-0.1, -0.05) is 63.7 Å². The molecule has 0 saturated carbocycles. The number of benzene rings is 1. The Kier molecular flexibility index (Phi) is 11.8. The summed E-state index contributed by atoms with van der Waals surface area (Å²) < 4.78 is 30.8. The molecule has 0 unspecified atom stereocenters. The molecular weight excluding hydrogens is 550 g/mol. The molecule has 0 aliphatic rings. The maximum Gasteiger partial charge on any atom is 0.308 e. The quantitative estimate of drug-likeness (QED) is 0.254. The molecule has 0 aliphatic carbocycles. The van der Waals surface area contributed by atoms with Crippen LogP contribution in [0.15, 0.2) is 40.3 Å². The van der Waals surface area contributed by atoms with Crippen molar-refractivity contribution in [3.8, 4) is 0 Å². The first-order valence-corrected chi connectivity index (χ1v) is 15.9. The predicted molar refractivity (Wildman–Crippen MR) is 160 cm³/mol. The van der Waals surface area contributed by atoms with Gasteiger partial charge >= 0.3 is 5.97 Å². The molecule has 0 radical (unpaired) electrons. The van der Waals surface area contributed by atoms with Gasteiger partial charge in [0.15, 0.2) is 0 Å². The minimum atomic E-state index is -3.60. The number of carbonyl (C=O) groups is 1. The molecule has 2 aromatic rings. The van der Waals surface area contributed by atoms with Crippen LogP contribution in [0.1, 0.15) is 90.0 Å². The summed E-state index contributed by atoms with van der Waals surface area (Å²) in [5.41, 5.74) is 1.78. The molecule has 0 bridgehead atoms. The fourth-order valence-electron chi connectivity index (χ4n) is 3.67. The molecule has 2 rings (SSSR count).